The van der Waals surface area contributed by atoms with Crippen LogP contribution in [0.1, 0.15) is 6.92 Å². The second kappa shape index (κ2) is 7.57. The molecule has 1 aliphatic rings. The van der Waals surface area contributed by atoms with Gasteiger partial charge in [0, 0.05) is 33.3 Å². The lowest BCUT2D eigenvalue weighted by Gasteiger charge is -2.39. The minimum atomic E-state index is -0.673. The normalized spacial score (nSPS) is 17.6. The van der Waals surface area contributed by atoms with Crippen molar-refractivity contribution in [2.24, 2.45) is 0 Å². The van der Waals surface area contributed by atoms with Crippen LogP contribution in [-0.4, -0.2) is 71.8 Å². The molecule has 0 aromatic carbocycles. The summed E-state index contributed by atoms with van der Waals surface area (Å²) in [4.78, 5) is 42.7. The maximum Gasteiger partial charge on any atom is 0.260 e. The fraction of sp³-hybridized carbons (Fsp3) is 0.467. The van der Waals surface area contributed by atoms with E-state index in [0.29, 0.717) is 18.8 Å². The summed E-state index contributed by atoms with van der Waals surface area (Å²) in [5.41, 5.74) is 0. The van der Waals surface area contributed by atoms with Crippen molar-refractivity contribution in [3.8, 4) is 5.75 Å². The number of amides is 3. The third kappa shape index (κ3) is 4.18. The Hall–Kier alpha value is -2.64. The molecule has 1 unspecified atom stereocenters. The van der Waals surface area contributed by atoms with Crippen LogP contribution in [0, 0.1) is 0 Å². The number of likely N-dealkylation sites (N-methyl/N-ethyl adjacent to an activating group) is 1. The van der Waals surface area contributed by atoms with Crippen molar-refractivity contribution in [2.75, 3.05) is 33.3 Å². The van der Waals surface area contributed by atoms with E-state index in [4.69, 9.17) is 4.74 Å². The zero-order valence-corrected chi connectivity index (χ0v) is 13.2. The summed E-state index contributed by atoms with van der Waals surface area (Å²) in [6.07, 6.45) is 3.14. The van der Waals surface area contributed by atoms with E-state index in [-0.39, 0.29) is 30.9 Å². The number of nitrogens with one attached hydrogen (secondary N) is 1. The highest BCUT2D eigenvalue weighted by molar-refractivity contribution is 5.88. The molecule has 0 saturated carbocycles. The van der Waals surface area contributed by atoms with E-state index in [1.54, 1.807) is 18.3 Å². The van der Waals surface area contributed by atoms with Crippen LogP contribution >= 0.6 is 0 Å². The van der Waals surface area contributed by atoms with Gasteiger partial charge in [0.2, 0.25) is 11.8 Å². The molecule has 1 saturated heterocycles. The second-order valence-corrected chi connectivity index (χ2v) is 5.16. The summed E-state index contributed by atoms with van der Waals surface area (Å²) in [5, 5.41) is 2.53. The van der Waals surface area contributed by atoms with Crippen molar-refractivity contribution in [3.63, 3.8) is 0 Å². The Morgan fingerprint density at radius 3 is 2.78 bits per heavy atom. The summed E-state index contributed by atoms with van der Waals surface area (Å²) in [6.45, 7) is 2.15. The monoisotopic (exact) mass is 320 g/mol. The number of rotatable bonds is 4. The molecule has 0 radical (unpaired) electrons. The van der Waals surface area contributed by atoms with Gasteiger partial charge in [-0.3, -0.25) is 19.4 Å². The first-order chi connectivity index (χ1) is 11.0. The van der Waals surface area contributed by atoms with Gasteiger partial charge in [0.05, 0.1) is 12.7 Å². The van der Waals surface area contributed by atoms with Crippen molar-refractivity contribution in [1.29, 1.82) is 0 Å². The first kappa shape index (κ1) is 16.7. The Morgan fingerprint density at radius 1 is 1.39 bits per heavy atom. The van der Waals surface area contributed by atoms with Gasteiger partial charge < -0.3 is 19.9 Å². The molecule has 1 aromatic rings. The SMILES string of the molecule is CNC(=O)C1CN(C(=O)COc2cccnc2)CCN1C(C)=O. The van der Waals surface area contributed by atoms with Gasteiger partial charge in [0.25, 0.3) is 5.91 Å². The first-order valence-corrected chi connectivity index (χ1v) is 7.32. The Kier molecular flexibility index (Phi) is 5.51. The van der Waals surface area contributed by atoms with Crippen LogP contribution < -0.4 is 10.1 Å². The highest BCUT2D eigenvalue weighted by Crippen LogP contribution is 2.12. The largest absolute Gasteiger partial charge is 0.482 e. The molecule has 1 fully saturated rings. The Labute approximate surface area is 134 Å². The zero-order chi connectivity index (χ0) is 16.8. The highest BCUT2D eigenvalue weighted by atomic mass is 16.5. The van der Waals surface area contributed by atoms with Crippen molar-refractivity contribution in [1.82, 2.24) is 20.1 Å². The molecule has 1 aromatic heterocycles. The van der Waals surface area contributed by atoms with Crippen molar-refractivity contribution >= 4 is 17.7 Å². The quantitative estimate of drug-likeness (QED) is 0.789. The van der Waals surface area contributed by atoms with Gasteiger partial charge >= 0.3 is 0 Å². The Balaban J connectivity index is 1.96. The van der Waals surface area contributed by atoms with Crippen LogP contribution in [0.2, 0.25) is 0 Å². The first-order valence-electron chi connectivity index (χ1n) is 7.32. The third-order valence-corrected chi connectivity index (χ3v) is 3.68. The molecule has 124 valence electrons. The van der Waals surface area contributed by atoms with Gasteiger partial charge in [-0.25, -0.2) is 0 Å². The lowest BCUT2D eigenvalue weighted by molar-refractivity contribution is -0.147. The summed E-state index contributed by atoms with van der Waals surface area (Å²) in [7, 11) is 1.51. The molecule has 8 nitrogen and oxygen atoms in total. The smallest absolute Gasteiger partial charge is 0.260 e. The lowest BCUT2D eigenvalue weighted by atomic mass is 10.1. The van der Waals surface area contributed by atoms with E-state index >= 15 is 0 Å². The van der Waals surface area contributed by atoms with Gasteiger partial charge in [-0.1, -0.05) is 0 Å². The van der Waals surface area contributed by atoms with Gasteiger partial charge in [-0.05, 0) is 12.1 Å². The number of hydrogen-bond acceptors (Lipinski definition) is 5. The predicted octanol–water partition coefficient (Wildman–Crippen LogP) is -0.734. The van der Waals surface area contributed by atoms with E-state index in [1.165, 1.54) is 30.0 Å². The van der Waals surface area contributed by atoms with Crippen molar-refractivity contribution < 1.29 is 19.1 Å². The molecule has 0 aliphatic carbocycles. The predicted molar refractivity (Wildman–Crippen MR) is 81.6 cm³/mol. The van der Waals surface area contributed by atoms with E-state index in [2.05, 4.69) is 10.3 Å². The molecule has 0 bridgehead atoms. The second-order valence-electron chi connectivity index (χ2n) is 5.16. The molecule has 1 aliphatic heterocycles. The number of piperazine rings is 1. The fourth-order valence-electron chi connectivity index (χ4n) is 2.45. The van der Waals surface area contributed by atoms with Crippen molar-refractivity contribution in [3.05, 3.63) is 24.5 Å². The molecular formula is C15H20N4O4. The molecule has 2 rings (SSSR count). The third-order valence-electron chi connectivity index (χ3n) is 3.68. The Bertz CT molecular complexity index is 578. The van der Waals surface area contributed by atoms with Gasteiger partial charge in [-0.2, -0.15) is 0 Å². The maximum absolute atomic E-state index is 12.2. The number of aromatic nitrogens is 1. The topological polar surface area (TPSA) is 91.8 Å². The van der Waals surface area contributed by atoms with Gasteiger partial charge in [0.1, 0.15) is 11.8 Å². The number of nitrogens with zero attached hydrogens (tertiary/aromatic N) is 3. The average molecular weight is 320 g/mol. The maximum atomic E-state index is 12.2. The fourth-order valence-corrected chi connectivity index (χ4v) is 2.45. The molecule has 1 atom stereocenters. The molecule has 0 spiro atoms. The van der Waals surface area contributed by atoms with Crippen LogP contribution in [0.15, 0.2) is 24.5 Å². The number of carbonyl (C=O) groups excluding carboxylic acids is 3. The molecule has 3 amide bonds. The van der Waals surface area contributed by atoms with E-state index in [0.717, 1.165) is 0 Å². The van der Waals surface area contributed by atoms with Crippen molar-refractivity contribution in [2.45, 2.75) is 13.0 Å². The molecule has 1 N–H and O–H groups in total. The standard InChI is InChI=1S/C15H20N4O4/c1-11(20)19-7-6-18(9-13(19)15(22)16-2)14(21)10-23-12-4-3-5-17-8-12/h3-5,8,13H,6-7,9-10H2,1-2H3,(H,16,22). The minimum absolute atomic E-state index is 0.133. The lowest BCUT2D eigenvalue weighted by Crippen LogP contribution is -2.61. The van der Waals surface area contributed by atoms with E-state index in [9.17, 15) is 14.4 Å². The molecule has 2 heterocycles. The van der Waals surface area contributed by atoms with Crippen LogP contribution in [0.5, 0.6) is 5.75 Å². The van der Waals surface area contributed by atoms with Crippen LogP contribution in [0.3, 0.4) is 0 Å². The number of hydrogen-bond donors (Lipinski definition) is 1. The van der Waals surface area contributed by atoms with Crippen LogP contribution in [0.4, 0.5) is 0 Å². The van der Waals surface area contributed by atoms with E-state index in [1.807, 2.05) is 0 Å². The number of carbonyl (C=O) groups is 3. The molecular weight excluding hydrogens is 300 g/mol. The summed E-state index contributed by atoms with van der Waals surface area (Å²) in [6, 6.07) is 2.75. The highest BCUT2D eigenvalue weighted by Gasteiger charge is 2.35. The molecule has 23 heavy (non-hydrogen) atoms. The van der Waals surface area contributed by atoms with Crippen LogP contribution in [0.25, 0.3) is 0 Å². The minimum Gasteiger partial charge on any atom is -0.482 e. The van der Waals surface area contributed by atoms with Gasteiger partial charge in [-0.15, -0.1) is 0 Å². The summed E-state index contributed by atoms with van der Waals surface area (Å²) < 4.78 is 5.38. The zero-order valence-electron chi connectivity index (χ0n) is 13.2. The summed E-state index contributed by atoms with van der Waals surface area (Å²) >= 11 is 0. The summed E-state index contributed by atoms with van der Waals surface area (Å²) in [5.74, 6) is -0.194. The number of ether oxygens (including phenoxy) is 1. The van der Waals surface area contributed by atoms with Crippen LogP contribution in [-0.2, 0) is 14.4 Å². The Morgan fingerprint density at radius 2 is 2.17 bits per heavy atom. The molecule has 8 heteroatoms. The van der Waals surface area contributed by atoms with Gasteiger partial charge in [0.15, 0.2) is 6.61 Å². The number of pyridine rings is 1. The average Bonchev–Trinajstić information content (AvgIpc) is 2.59. The van der Waals surface area contributed by atoms with E-state index < -0.39 is 6.04 Å².